The fourth-order valence-corrected chi connectivity index (χ4v) is 3.99. The number of aliphatic carboxylic acids is 1. The molecule has 0 saturated carbocycles. The maximum atomic E-state index is 10.6. The van der Waals surface area contributed by atoms with Crippen LogP contribution in [0, 0.1) is 0 Å². The molecule has 8 nitrogen and oxygen atoms in total. The van der Waals surface area contributed by atoms with Crippen LogP contribution in [0.25, 0.3) is 21.5 Å². The molecule has 4 rings (SSSR count). The third kappa shape index (κ3) is 5.08. The molecule has 1 atom stereocenters. The minimum absolute atomic E-state index is 0.0300. The molecule has 0 aliphatic heterocycles. The zero-order valence-corrected chi connectivity index (χ0v) is 18.2. The highest BCUT2D eigenvalue weighted by Gasteiger charge is 2.14. The van der Waals surface area contributed by atoms with Gasteiger partial charge in [-0.3, -0.25) is 9.79 Å². The molecule has 0 radical (unpaired) electrons. The van der Waals surface area contributed by atoms with Crippen molar-refractivity contribution < 1.29 is 15.0 Å². The van der Waals surface area contributed by atoms with Crippen LogP contribution < -0.4 is 5.32 Å². The number of hydrogen-bond acceptors (Lipinski definition) is 8. The average Bonchev–Trinajstić information content (AvgIpc) is 3.17. The van der Waals surface area contributed by atoms with Crippen molar-refractivity contribution >= 4 is 57.2 Å². The van der Waals surface area contributed by atoms with Gasteiger partial charge in [-0.05, 0) is 23.2 Å². The molecule has 2 heterocycles. The van der Waals surface area contributed by atoms with Crippen molar-refractivity contribution in [1.29, 1.82) is 0 Å². The summed E-state index contributed by atoms with van der Waals surface area (Å²) in [5.41, 5.74) is 3.71. The average molecular weight is 468 g/mol. The Bertz CT molecular complexity index is 1280. The van der Waals surface area contributed by atoms with Gasteiger partial charge in [0.1, 0.15) is 11.2 Å². The first kappa shape index (κ1) is 21.8. The summed E-state index contributed by atoms with van der Waals surface area (Å²) in [5, 5.41) is 22.1. The SMILES string of the molecule is O=C(O)CC(O)CN=Cc1cnc2c(Nc3cccc(-c4ccccc4)c3Cl)nsc2n1. The zero-order valence-electron chi connectivity index (χ0n) is 16.6. The van der Waals surface area contributed by atoms with Gasteiger partial charge in [-0.25, -0.2) is 9.97 Å². The van der Waals surface area contributed by atoms with Crippen molar-refractivity contribution in [3.8, 4) is 11.1 Å². The van der Waals surface area contributed by atoms with Crippen molar-refractivity contribution in [1.82, 2.24) is 14.3 Å². The molecular formula is C22H18ClN5O3S. The minimum Gasteiger partial charge on any atom is -0.481 e. The number of nitrogens with one attached hydrogen (secondary N) is 1. The Labute approximate surface area is 192 Å². The van der Waals surface area contributed by atoms with Crippen LogP contribution in [-0.2, 0) is 4.79 Å². The molecule has 162 valence electrons. The monoisotopic (exact) mass is 467 g/mol. The van der Waals surface area contributed by atoms with E-state index in [1.54, 1.807) is 0 Å². The lowest BCUT2D eigenvalue weighted by Crippen LogP contribution is -2.16. The predicted molar refractivity (Wildman–Crippen MR) is 126 cm³/mol. The number of carboxylic acid groups (broad SMARTS) is 1. The fraction of sp³-hybridized carbons (Fsp3) is 0.136. The topological polar surface area (TPSA) is 121 Å². The van der Waals surface area contributed by atoms with Crippen LogP contribution in [0.5, 0.6) is 0 Å². The third-order valence-electron chi connectivity index (χ3n) is 4.49. The van der Waals surface area contributed by atoms with E-state index in [2.05, 4.69) is 24.7 Å². The number of aromatic nitrogens is 3. The molecule has 0 bridgehead atoms. The van der Waals surface area contributed by atoms with E-state index in [0.717, 1.165) is 11.1 Å². The van der Waals surface area contributed by atoms with Gasteiger partial charge in [0, 0.05) is 11.8 Å². The van der Waals surface area contributed by atoms with Crippen LogP contribution in [0.15, 0.2) is 59.7 Å². The van der Waals surface area contributed by atoms with Gasteiger partial charge in [0.05, 0.1) is 36.0 Å². The van der Waals surface area contributed by atoms with Gasteiger partial charge in [-0.15, -0.1) is 0 Å². The number of fused-ring (bicyclic) bond motifs is 1. The largest absolute Gasteiger partial charge is 0.481 e. The smallest absolute Gasteiger partial charge is 0.306 e. The molecular weight excluding hydrogens is 450 g/mol. The first-order valence-electron chi connectivity index (χ1n) is 9.64. The van der Waals surface area contributed by atoms with Gasteiger partial charge in [-0.2, -0.15) is 4.37 Å². The second kappa shape index (κ2) is 9.82. The Balaban J connectivity index is 1.52. The maximum absolute atomic E-state index is 10.6. The Morgan fingerprint density at radius 1 is 1.22 bits per heavy atom. The first-order valence-corrected chi connectivity index (χ1v) is 10.8. The van der Waals surface area contributed by atoms with Crippen molar-refractivity contribution in [2.45, 2.75) is 12.5 Å². The van der Waals surface area contributed by atoms with Crippen LogP contribution in [0.4, 0.5) is 11.5 Å². The van der Waals surface area contributed by atoms with Crippen LogP contribution in [0.3, 0.4) is 0 Å². The van der Waals surface area contributed by atoms with E-state index < -0.39 is 12.1 Å². The summed E-state index contributed by atoms with van der Waals surface area (Å²) in [7, 11) is 0. The molecule has 2 aromatic carbocycles. The van der Waals surface area contributed by atoms with Gasteiger partial charge in [0.2, 0.25) is 0 Å². The quantitative estimate of drug-likeness (QED) is 0.328. The Kier molecular flexibility index (Phi) is 6.69. The fourth-order valence-electron chi connectivity index (χ4n) is 3.02. The normalized spacial score (nSPS) is 12.3. The lowest BCUT2D eigenvalue weighted by atomic mass is 10.1. The number of nitrogens with zero attached hydrogens (tertiary/aromatic N) is 4. The summed E-state index contributed by atoms with van der Waals surface area (Å²) in [6.45, 7) is -0.0300. The van der Waals surface area contributed by atoms with Crippen LogP contribution in [0.2, 0.25) is 5.02 Å². The van der Waals surface area contributed by atoms with E-state index in [9.17, 15) is 9.90 Å². The summed E-state index contributed by atoms with van der Waals surface area (Å²) in [6, 6.07) is 15.6. The number of anilines is 2. The number of aliphatic hydroxyl groups excluding tert-OH is 1. The molecule has 0 amide bonds. The second-order valence-electron chi connectivity index (χ2n) is 6.88. The summed E-state index contributed by atoms with van der Waals surface area (Å²) < 4.78 is 4.41. The number of aliphatic hydroxyl groups is 1. The van der Waals surface area contributed by atoms with Crippen LogP contribution in [-0.4, -0.2) is 49.4 Å². The Morgan fingerprint density at radius 3 is 2.81 bits per heavy atom. The standard InChI is InChI=1S/C22H18ClN5O3S/c23-19-16(13-5-2-1-3-6-13)7-4-8-17(19)27-21-20-22(32-28-21)26-14(11-25-20)10-24-12-15(29)9-18(30)31/h1-8,10-11,15,29H,9,12H2,(H,27,28)(H,30,31). The highest BCUT2D eigenvalue weighted by molar-refractivity contribution is 7.13. The van der Waals surface area contributed by atoms with Gasteiger partial charge in [-0.1, -0.05) is 54.1 Å². The molecule has 32 heavy (non-hydrogen) atoms. The molecule has 0 saturated heterocycles. The van der Waals surface area contributed by atoms with Crippen molar-refractivity contribution in [3.05, 3.63) is 65.4 Å². The van der Waals surface area contributed by atoms with Gasteiger partial charge < -0.3 is 15.5 Å². The number of carbonyl (C=O) groups is 1. The van der Waals surface area contributed by atoms with Crippen LogP contribution in [0.1, 0.15) is 12.1 Å². The number of halogens is 1. The molecule has 0 spiro atoms. The Hall–Kier alpha value is -3.40. The highest BCUT2D eigenvalue weighted by Crippen LogP contribution is 2.36. The van der Waals surface area contributed by atoms with E-state index in [1.165, 1.54) is 23.9 Å². The number of hydrogen-bond donors (Lipinski definition) is 3. The van der Waals surface area contributed by atoms with Gasteiger partial charge >= 0.3 is 5.97 Å². The summed E-state index contributed by atoms with van der Waals surface area (Å²) >= 11 is 7.84. The molecule has 1 unspecified atom stereocenters. The maximum Gasteiger partial charge on any atom is 0.306 e. The molecule has 0 aliphatic carbocycles. The van der Waals surface area contributed by atoms with E-state index in [1.807, 2.05) is 48.5 Å². The van der Waals surface area contributed by atoms with Gasteiger partial charge in [0.25, 0.3) is 0 Å². The van der Waals surface area contributed by atoms with Crippen LogP contribution >= 0.6 is 23.1 Å². The molecule has 4 aromatic rings. The van der Waals surface area contributed by atoms with Crippen molar-refractivity contribution in [3.63, 3.8) is 0 Å². The van der Waals surface area contributed by atoms with Crippen molar-refractivity contribution in [2.75, 3.05) is 11.9 Å². The van der Waals surface area contributed by atoms with Gasteiger partial charge in [0.15, 0.2) is 10.6 Å². The zero-order chi connectivity index (χ0) is 22.5. The van der Waals surface area contributed by atoms with E-state index in [0.29, 0.717) is 32.6 Å². The lowest BCUT2D eigenvalue weighted by molar-refractivity contribution is -0.139. The van der Waals surface area contributed by atoms with E-state index in [-0.39, 0.29) is 13.0 Å². The minimum atomic E-state index is -1.08. The number of rotatable bonds is 8. The number of aliphatic imine (C=N–C) groups is 1. The lowest BCUT2D eigenvalue weighted by Gasteiger charge is -2.10. The number of benzene rings is 2. The third-order valence-corrected chi connectivity index (χ3v) is 5.63. The molecule has 0 aliphatic rings. The first-order chi connectivity index (χ1) is 15.5. The Morgan fingerprint density at radius 2 is 2.03 bits per heavy atom. The molecule has 3 N–H and O–H groups in total. The van der Waals surface area contributed by atoms with E-state index >= 15 is 0 Å². The molecule has 0 fully saturated rings. The van der Waals surface area contributed by atoms with E-state index in [4.69, 9.17) is 16.7 Å². The predicted octanol–water partition coefficient (Wildman–Crippen LogP) is 4.40. The molecule has 10 heteroatoms. The summed E-state index contributed by atoms with van der Waals surface area (Å²) in [5.74, 6) is -0.530. The number of carboxylic acids is 1. The van der Waals surface area contributed by atoms with Crippen molar-refractivity contribution in [2.24, 2.45) is 4.99 Å². The second-order valence-corrected chi connectivity index (χ2v) is 8.01. The molecule has 2 aromatic heterocycles. The summed E-state index contributed by atoms with van der Waals surface area (Å²) in [4.78, 5) is 24.1. The highest BCUT2D eigenvalue weighted by atomic mass is 35.5. The summed E-state index contributed by atoms with van der Waals surface area (Å²) in [6.07, 6.45) is 1.58.